The number of hydrogen-bond acceptors (Lipinski definition) is 10. The quantitative estimate of drug-likeness (QED) is 0.254. The van der Waals surface area contributed by atoms with Crippen molar-refractivity contribution in [3.05, 3.63) is 42.1 Å². The number of halogens is 1. The van der Waals surface area contributed by atoms with Crippen LogP contribution < -0.4 is 14.9 Å². The molecule has 7 atom stereocenters. The van der Waals surface area contributed by atoms with E-state index in [9.17, 15) is 28.8 Å². The molecule has 3 unspecified atom stereocenters. The average Bonchev–Trinajstić information content (AvgIpc) is 3.08. The van der Waals surface area contributed by atoms with Gasteiger partial charge in [0.05, 0.1) is 12.7 Å². The number of benzene rings is 1. The van der Waals surface area contributed by atoms with Crippen molar-refractivity contribution in [2.45, 2.75) is 70.8 Å². The van der Waals surface area contributed by atoms with Crippen LogP contribution in [0.25, 0.3) is 0 Å². The number of carbonyl (C=O) groups is 2. The predicted molar refractivity (Wildman–Crippen MR) is 124 cm³/mol. The molecule has 1 amide bonds. The molecule has 4 N–H and O–H groups in total. The third-order valence-corrected chi connectivity index (χ3v) is 6.91. The van der Waals surface area contributed by atoms with Crippen LogP contribution in [0.5, 0.6) is 5.75 Å². The number of hydrogen-bond donors (Lipinski definition) is 4. The van der Waals surface area contributed by atoms with Gasteiger partial charge in [-0.3, -0.25) is 14.1 Å². The monoisotopic (exact) mass is 531 g/mol. The molecular weight excluding hydrogens is 500 g/mol. The van der Waals surface area contributed by atoms with Crippen LogP contribution in [0.4, 0.5) is 4.39 Å². The van der Waals surface area contributed by atoms with E-state index in [1.807, 2.05) is 0 Å². The molecule has 0 aliphatic carbocycles. The Balaban J connectivity index is 1.73. The summed E-state index contributed by atoms with van der Waals surface area (Å²) in [5, 5.41) is 25.2. The smallest absolute Gasteiger partial charge is 0.459 e. The fourth-order valence-electron chi connectivity index (χ4n) is 3.46. The second-order valence-corrected chi connectivity index (χ2v) is 10.3. The van der Waals surface area contributed by atoms with Crippen LogP contribution in [0.2, 0.25) is 0 Å². The molecule has 0 saturated carbocycles. The Hall–Kier alpha value is -2.54. The highest BCUT2D eigenvalue weighted by Crippen LogP contribution is 2.46. The first-order valence-corrected chi connectivity index (χ1v) is 12.8. The second-order valence-electron chi connectivity index (χ2n) is 8.64. The summed E-state index contributed by atoms with van der Waals surface area (Å²) in [5.74, 6) is -1.07. The minimum Gasteiger partial charge on any atom is -0.462 e. The number of nitrogens with zero attached hydrogens (tertiary/aromatic N) is 1. The summed E-state index contributed by atoms with van der Waals surface area (Å²) >= 11 is 0. The van der Waals surface area contributed by atoms with Gasteiger partial charge < -0.3 is 34.4 Å². The van der Waals surface area contributed by atoms with Crippen LogP contribution in [0.1, 0.15) is 27.7 Å². The standard InChI is InChI=1S/C22H31FN3O9P/c1-12(2)33-21(29)14(4)25-36(31,35-15-8-6-5-7-9-15)32-11-16-18(27)17(23)20(34-16)26-10-13(3)19(28)24-22(26)30/h5-10,12,14,16-18,20,22,27,30H,11H2,1-4H3,(H,24,28)(H,25,31)/t14-,16-,17?,18+,20-,22?,36?/m0/s1. The number of ether oxygens (including phenoxy) is 2. The second kappa shape index (κ2) is 11.7. The first kappa shape index (κ1) is 28.0. The Morgan fingerprint density at radius 2 is 1.94 bits per heavy atom. The van der Waals surface area contributed by atoms with Crippen molar-refractivity contribution in [3.8, 4) is 5.75 Å². The molecule has 0 bridgehead atoms. The van der Waals surface area contributed by atoms with Crippen LogP contribution in [-0.4, -0.2) is 76.7 Å². The summed E-state index contributed by atoms with van der Waals surface area (Å²) in [6.45, 7) is 5.59. The van der Waals surface area contributed by atoms with Gasteiger partial charge in [0.2, 0.25) is 6.35 Å². The Labute approximate surface area is 207 Å². The molecule has 2 heterocycles. The highest BCUT2D eigenvalue weighted by Gasteiger charge is 2.49. The summed E-state index contributed by atoms with van der Waals surface area (Å²) in [7, 11) is -4.27. The highest BCUT2D eigenvalue weighted by molar-refractivity contribution is 7.52. The molecule has 0 radical (unpaired) electrons. The molecule has 0 aromatic heterocycles. The van der Waals surface area contributed by atoms with E-state index in [2.05, 4.69) is 10.4 Å². The molecule has 2 aliphatic heterocycles. The summed E-state index contributed by atoms with van der Waals surface area (Å²) in [4.78, 5) is 24.9. The number of amides is 1. The average molecular weight is 531 g/mol. The summed E-state index contributed by atoms with van der Waals surface area (Å²) in [6, 6.07) is 6.92. The van der Waals surface area contributed by atoms with Crippen molar-refractivity contribution >= 4 is 19.6 Å². The van der Waals surface area contributed by atoms with Gasteiger partial charge in [0.25, 0.3) is 5.91 Å². The lowest BCUT2D eigenvalue weighted by Crippen LogP contribution is -2.55. The topological polar surface area (TPSA) is 156 Å². The van der Waals surface area contributed by atoms with Crippen molar-refractivity contribution in [1.29, 1.82) is 0 Å². The minimum absolute atomic E-state index is 0.166. The maximum Gasteiger partial charge on any atom is 0.459 e. The van der Waals surface area contributed by atoms with Crippen molar-refractivity contribution in [3.63, 3.8) is 0 Å². The van der Waals surface area contributed by atoms with E-state index >= 15 is 0 Å². The van der Waals surface area contributed by atoms with Gasteiger partial charge >= 0.3 is 13.7 Å². The van der Waals surface area contributed by atoms with Gasteiger partial charge in [-0.1, -0.05) is 18.2 Å². The van der Waals surface area contributed by atoms with Gasteiger partial charge in [0, 0.05) is 11.8 Å². The van der Waals surface area contributed by atoms with E-state index in [0.29, 0.717) is 0 Å². The molecule has 1 saturated heterocycles. The van der Waals surface area contributed by atoms with Crippen molar-refractivity contribution in [2.24, 2.45) is 0 Å². The summed E-state index contributed by atoms with van der Waals surface area (Å²) in [6.07, 6.45) is -7.30. The number of para-hydroxylation sites is 1. The Kier molecular flexibility index (Phi) is 9.09. The van der Waals surface area contributed by atoms with Crippen molar-refractivity contribution < 1.29 is 47.3 Å². The van der Waals surface area contributed by atoms with Crippen LogP contribution in [0, 0.1) is 0 Å². The minimum atomic E-state index is -4.27. The van der Waals surface area contributed by atoms with Gasteiger partial charge in [-0.05, 0) is 39.8 Å². The molecule has 36 heavy (non-hydrogen) atoms. The van der Waals surface area contributed by atoms with E-state index in [-0.39, 0.29) is 11.3 Å². The van der Waals surface area contributed by atoms with E-state index < -0.39 is 69.3 Å². The number of alkyl halides is 1. The number of aliphatic hydroxyl groups excluding tert-OH is 2. The number of rotatable bonds is 10. The zero-order valence-corrected chi connectivity index (χ0v) is 21.1. The highest BCUT2D eigenvalue weighted by atomic mass is 31.2. The third-order valence-electron chi connectivity index (χ3n) is 5.27. The molecule has 3 rings (SSSR count). The normalized spacial score (nSPS) is 28.8. The SMILES string of the molecule is CC1=CN([C@H]2O[C@@H](COP(=O)(N[C@@H](C)C(=O)OC(C)C)Oc3ccccc3)[C@@H](O)C2F)C(O)NC1=O. The Morgan fingerprint density at radius 1 is 1.28 bits per heavy atom. The molecular formula is C22H31FN3O9P. The zero-order valence-electron chi connectivity index (χ0n) is 20.2. The first-order valence-electron chi connectivity index (χ1n) is 11.3. The van der Waals surface area contributed by atoms with E-state index in [1.54, 1.807) is 32.0 Å². The molecule has 14 heteroatoms. The van der Waals surface area contributed by atoms with Crippen LogP contribution in [-0.2, 0) is 28.2 Å². The Bertz CT molecular complexity index is 1010. The van der Waals surface area contributed by atoms with Gasteiger partial charge in [0.1, 0.15) is 24.0 Å². The van der Waals surface area contributed by atoms with Gasteiger partial charge in [-0.2, -0.15) is 5.09 Å². The van der Waals surface area contributed by atoms with Crippen molar-refractivity contribution in [2.75, 3.05) is 6.61 Å². The van der Waals surface area contributed by atoms with Crippen LogP contribution in [0.15, 0.2) is 42.1 Å². The lowest BCUT2D eigenvalue weighted by molar-refractivity contribution is -0.149. The molecule has 0 spiro atoms. The fourth-order valence-corrected chi connectivity index (χ4v) is 4.96. The molecule has 200 valence electrons. The maximum atomic E-state index is 14.9. The molecule has 12 nitrogen and oxygen atoms in total. The largest absolute Gasteiger partial charge is 0.462 e. The number of esters is 1. The molecule has 1 aromatic rings. The van der Waals surface area contributed by atoms with Crippen LogP contribution >= 0.6 is 7.75 Å². The maximum absolute atomic E-state index is 14.9. The van der Waals surface area contributed by atoms with Crippen molar-refractivity contribution in [1.82, 2.24) is 15.3 Å². The lowest BCUT2D eigenvalue weighted by Gasteiger charge is -2.36. The summed E-state index contributed by atoms with van der Waals surface area (Å²) < 4.78 is 50.1. The number of carbonyl (C=O) groups excluding carboxylic acids is 2. The fraction of sp³-hybridized carbons (Fsp3) is 0.545. The molecule has 2 aliphatic rings. The van der Waals surface area contributed by atoms with E-state index in [4.69, 9.17) is 18.5 Å². The van der Waals surface area contributed by atoms with Gasteiger partial charge in [-0.25, -0.2) is 8.96 Å². The Morgan fingerprint density at radius 3 is 2.58 bits per heavy atom. The van der Waals surface area contributed by atoms with E-state index in [0.717, 1.165) is 4.90 Å². The number of aliphatic hydroxyl groups is 2. The predicted octanol–water partition coefficient (Wildman–Crippen LogP) is 1.16. The molecule has 1 fully saturated rings. The zero-order chi connectivity index (χ0) is 26.6. The first-order chi connectivity index (χ1) is 16.9. The summed E-state index contributed by atoms with van der Waals surface area (Å²) in [5.41, 5.74) is 0.192. The van der Waals surface area contributed by atoms with Crippen LogP contribution in [0.3, 0.4) is 0 Å². The lowest BCUT2D eigenvalue weighted by atomic mass is 10.1. The third kappa shape index (κ3) is 6.81. The van der Waals surface area contributed by atoms with Gasteiger partial charge in [0.15, 0.2) is 12.4 Å². The molecule has 1 aromatic carbocycles. The van der Waals surface area contributed by atoms with E-state index in [1.165, 1.54) is 32.2 Å². The van der Waals surface area contributed by atoms with Gasteiger partial charge in [-0.15, -0.1) is 0 Å². The number of nitrogens with one attached hydrogen (secondary N) is 2.